The zero-order valence-corrected chi connectivity index (χ0v) is 21.7. The molecule has 1 fully saturated rings. The fourth-order valence-electron chi connectivity index (χ4n) is 6.24. The number of carbonyl (C=O) groups is 1. The minimum Gasteiger partial charge on any atom is -0.366 e. The molecule has 3 atom stereocenters. The molecule has 36 heavy (non-hydrogen) atoms. The van der Waals surface area contributed by atoms with E-state index < -0.39 is 18.5 Å². The number of benzene rings is 1. The molecule has 4 rings (SSSR count). The summed E-state index contributed by atoms with van der Waals surface area (Å²) in [5.41, 5.74) is 13.3. The van der Waals surface area contributed by atoms with Crippen LogP contribution < -0.4 is 5.73 Å². The maximum Gasteiger partial charge on any atom is 0.389 e. The number of nitrogens with two attached hydrogens (primary N) is 1. The van der Waals surface area contributed by atoms with E-state index in [9.17, 15) is 18.0 Å². The van der Waals surface area contributed by atoms with Crippen molar-refractivity contribution in [1.29, 1.82) is 0 Å². The van der Waals surface area contributed by atoms with Crippen LogP contribution in [0, 0.1) is 25.7 Å². The second-order valence-electron chi connectivity index (χ2n) is 11.0. The summed E-state index contributed by atoms with van der Waals surface area (Å²) in [5, 5.41) is 0. The summed E-state index contributed by atoms with van der Waals surface area (Å²) in [6.07, 6.45) is 2.27. The maximum atomic E-state index is 13.0. The van der Waals surface area contributed by atoms with Crippen LogP contribution in [0.3, 0.4) is 0 Å². The molecule has 1 heterocycles. The fourth-order valence-corrected chi connectivity index (χ4v) is 6.24. The predicted octanol–water partition coefficient (Wildman–Crippen LogP) is 7.85. The molecular weight excluding hydrogens is 461 g/mol. The van der Waals surface area contributed by atoms with Gasteiger partial charge in [-0.3, -0.25) is 9.78 Å². The van der Waals surface area contributed by atoms with E-state index in [1.165, 1.54) is 36.8 Å². The van der Waals surface area contributed by atoms with Gasteiger partial charge in [-0.1, -0.05) is 57.7 Å². The molecule has 2 aromatic rings. The van der Waals surface area contributed by atoms with Crippen molar-refractivity contribution in [3.63, 3.8) is 0 Å². The molecule has 1 aromatic heterocycles. The number of halogens is 3. The first-order valence-electron chi connectivity index (χ1n) is 13.1. The normalized spacial score (nSPS) is 21.9. The number of carbonyl (C=O) groups excluding carboxylic acids is 1. The highest BCUT2D eigenvalue weighted by atomic mass is 19.4. The average Bonchev–Trinajstić information content (AvgIpc) is 3.32. The lowest BCUT2D eigenvalue weighted by Crippen LogP contribution is -2.19. The number of pyridine rings is 1. The summed E-state index contributed by atoms with van der Waals surface area (Å²) >= 11 is 0. The fraction of sp³-hybridized carbons (Fsp3) is 0.533. The van der Waals surface area contributed by atoms with Crippen molar-refractivity contribution < 1.29 is 18.0 Å². The Labute approximate surface area is 212 Å². The summed E-state index contributed by atoms with van der Waals surface area (Å²) in [5.74, 6) is 0.504. The molecule has 0 aliphatic heterocycles. The first-order chi connectivity index (χ1) is 17.0. The number of hydrogen-bond acceptors (Lipinski definition) is 2. The van der Waals surface area contributed by atoms with Gasteiger partial charge in [-0.2, -0.15) is 13.2 Å². The van der Waals surface area contributed by atoms with Crippen LogP contribution in [0.4, 0.5) is 13.2 Å². The molecule has 1 aromatic carbocycles. The van der Waals surface area contributed by atoms with Crippen LogP contribution in [-0.2, 0) is 4.79 Å². The Morgan fingerprint density at radius 2 is 1.81 bits per heavy atom. The second-order valence-corrected chi connectivity index (χ2v) is 11.0. The molecule has 2 aliphatic carbocycles. The van der Waals surface area contributed by atoms with Crippen molar-refractivity contribution in [2.45, 2.75) is 90.7 Å². The third-order valence-electron chi connectivity index (χ3n) is 8.59. The Bertz CT molecular complexity index is 1140. The van der Waals surface area contributed by atoms with Crippen LogP contribution in [0.25, 0.3) is 11.1 Å². The van der Waals surface area contributed by atoms with E-state index in [0.717, 1.165) is 22.3 Å². The summed E-state index contributed by atoms with van der Waals surface area (Å²) in [4.78, 5) is 17.7. The first-order valence-corrected chi connectivity index (χ1v) is 13.1. The van der Waals surface area contributed by atoms with E-state index in [4.69, 9.17) is 10.7 Å². The van der Waals surface area contributed by atoms with Gasteiger partial charge in [0.05, 0.1) is 11.3 Å². The van der Waals surface area contributed by atoms with E-state index in [2.05, 4.69) is 26.0 Å². The van der Waals surface area contributed by atoms with E-state index >= 15 is 0 Å². The minimum absolute atomic E-state index is 0.0209. The quantitative estimate of drug-likeness (QED) is 0.441. The van der Waals surface area contributed by atoms with Gasteiger partial charge in [-0.15, -0.1) is 0 Å². The van der Waals surface area contributed by atoms with Crippen LogP contribution in [0.1, 0.15) is 104 Å². The number of nitrogens with zero attached hydrogens (tertiary/aromatic N) is 1. The lowest BCUT2D eigenvalue weighted by Gasteiger charge is -2.30. The Kier molecular flexibility index (Phi) is 7.63. The lowest BCUT2D eigenvalue weighted by atomic mass is 9.75. The molecule has 3 nitrogen and oxygen atoms in total. The van der Waals surface area contributed by atoms with E-state index in [0.29, 0.717) is 29.5 Å². The smallest absolute Gasteiger partial charge is 0.366 e. The molecule has 194 valence electrons. The van der Waals surface area contributed by atoms with Gasteiger partial charge in [0, 0.05) is 12.6 Å². The van der Waals surface area contributed by atoms with Crippen LogP contribution in [0.2, 0.25) is 0 Å². The number of hydrogen-bond donors (Lipinski definition) is 1. The Balaban J connectivity index is 1.79. The molecule has 0 bridgehead atoms. The highest BCUT2D eigenvalue weighted by Crippen LogP contribution is 2.49. The Morgan fingerprint density at radius 1 is 1.14 bits per heavy atom. The first kappa shape index (κ1) is 26.4. The molecular formula is C30H37F3N2O. The number of aromatic nitrogens is 1. The van der Waals surface area contributed by atoms with Gasteiger partial charge in [0.25, 0.3) is 0 Å². The van der Waals surface area contributed by atoms with Crippen LogP contribution in [0.15, 0.2) is 30.5 Å². The van der Waals surface area contributed by atoms with Gasteiger partial charge in [0.2, 0.25) is 5.91 Å². The van der Waals surface area contributed by atoms with Crippen molar-refractivity contribution in [3.05, 3.63) is 64.0 Å². The van der Waals surface area contributed by atoms with Gasteiger partial charge in [0.15, 0.2) is 0 Å². The minimum atomic E-state index is -4.17. The number of fused-ring (bicyclic) bond motifs is 1. The third kappa shape index (κ3) is 5.52. The summed E-state index contributed by atoms with van der Waals surface area (Å²) < 4.78 is 38.1. The van der Waals surface area contributed by atoms with Gasteiger partial charge in [0.1, 0.15) is 0 Å². The highest BCUT2D eigenvalue weighted by molar-refractivity contribution is 6.26. The molecule has 0 spiro atoms. The monoisotopic (exact) mass is 498 g/mol. The van der Waals surface area contributed by atoms with E-state index in [-0.39, 0.29) is 18.3 Å². The van der Waals surface area contributed by atoms with Crippen molar-refractivity contribution in [2.24, 2.45) is 17.6 Å². The number of primary amides is 1. The third-order valence-corrected chi connectivity index (χ3v) is 8.59. The largest absolute Gasteiger partial charge is 0.389 e. The number of allylic oxidation sites excluding steroid dienone is 1. The molecule has 1 saturated carbocycles. The van der Waals surface area contributed by atoms with Crippen molar-refractivity contribution in [3.8, 4) is 0 Å². The summed E-state index contributed by atoms with van der Waals surface area (Å²) in [7, 11) is 0. The van der Waals surface area contributed by atoms with Gasteiger partial charge in [-0.05, 0) is 89.8 Å². The molecule has 0 saturated heterocycles. The molecule has 6 heteroatoms. The predicted molar refractivity (Wildman–Crippen MR) is 138 cm³/mol. The lowest BCUT2D eigenvalue weighted by molar-refractivity contribution is -0.136. The van der Waals surface area contributed by atoms with E-state index in [1.807, 2.05) is 19.1 Å². The van der Waals surface area contributed by atoms with Crippen molar-refractivity contribution >= 4 is 17.1 Å². The number of aryl methyl sites for hydroxylation is 2. The molecule has 2 N–H and O–H groups in total. The molecule has 1 amide bonds. The summed E-state index contributed by atoms with van der Waals surface area (Å²) in [6.45, 7) is 8.22. The zero-order chi connectivity index (χ0) is 26.2. The maximum absolute atomic E-state index is 13.0. The van der Waals surface area contributed by atoms with Gasteiger partial charge < -0.3 is 5.73 Å². The van der Waals surface area contributed by atoms with Gasteiger partial charge >= 0.3 is 6.18 Å². The van der Waals surface area contributed by atoms with Crippen LogP contribution in [0.5, 0.6) is 0 Å². The van der Waals surface area contributed by atoms with Crippen molar-refractivity contribution in [2.75, 3.05) is 0 Å². The summed E-state index contributed by atoms with van der Waals surface area (Å²) in [6, 6.07) is 8.03. The zero-order valence-electron chi connectivity index (χ0n) is 21.7. The number of rotatable bonds is 6. The standard InChI is InChI=1S/C30H37F3N2O/c1-17(11-12-30(31,32)33)22-9-10-27(35-16-22)26-15-23(21-7-5-6-8-21)20(4)24-13-18(2)19(3)14-25(24)28(26)29(34)36/h9-10,13-14,16-17,20-21,23H,5-8,11-12,15H2,1-4H3,(H2,34,36). The van der Waals surface area contributed by atoms with Crippen molar-refractivity contribution in [1.82, 2.24) is 4.98 Å². The highest BCUT2D eigenvalue weighted by Gasteiger charge is 2.37. The Hall–Kier alpha value is -2.63. The topological polar surface area (TPSA) is 56.0 Å². The molecule has 2 aliphatic rings. The van der Waals surface area contributed by atoms with Crippen LogP contribution in [-0.4, -0.2) is 17.1 Å². The van der Waals surface area contributed by atoms with Crippen LogP contribution >= 0.6 is 0 Å². The average molecular weight is 499 g/mol. The Morgan fingerprint density at radius 3 is 2.39 bits per heavy atom. The number of alkyl halides is 3. The molecule has 3 unspecified atom stereocenters. The second kappa shape index (κ2) is 10.4. The SMILES string of the molecule is Cc1cc2c(cc1C)C(C)C(C1CCCC1)CC(c1ccc(C(C)CCC(F)(F)F)cn1)=C2C(N)=O. The van der Waals surface area contributed by atoms with E-state index in [1.54, 1.807) is 13.1 Å². The molecule has 0 radical (unpaired) electrons. The van der Waals surface area contributed by atoms with Gasteiger partial charge in [-0.25, -0.2) is 0 Å². The number of amides is 1.